The molecule has 0 fully saturated rings. The van der Waals surface area contributed by atoms with Crippen LogP contribution in [0.3, 0.4) is 0 Å². The standard InChI is InChI=1S/C19H15FN6O/c1-27-15-5-2-4-13(20)18(15)19-22-9-8-14(24-19)12-10-23-26(11-12)17-7-3-6-16(21)25-17/h2-11H,1H3,(H2,21,25). The number of pyridine rings is 1. The lowest BCUT2D eigenvalue weighted by Gasteiger charge is -2.08. The van der Waals surface area contributed by atoms with E-state index in [2.05, 4.69) is 20.1 Å². The van der Waals surface area contributed by atoms with Crippen LogP contribution in [0.5, 0.6) is 5.75 Å². The van der Waals surface area contributed by atoms with Gasteiger partial charge in [-0.1, -0.05) is 12.1 Å². The minimum absolute atomic E-state index is 0.215. The molecule has 3 heterocycles. The predicted molar refractivity (Wildman–Crippen MR) is 98.7 cm³/mol. The van der Waals surface area contributed by atoms with E-state index in [-0.39, 0.29) is 11.4 Å². The van der Waals surface area contributed by atoms with E-state index >= 15 is 0 Å². The summed E-state index contributed by atoms with van der Waals surface area (Å²) in [6, 6.07) is 11.6. The molecular weight excluding hydrogens is 347 g/mol. The molecule has 0 saturated heterocycles. The monoisotopic (exact) mass is 362 g/mol. The van der Waals surface area contributed by atoms with Crippen LogP contribution in [0, 0.1) is 5.82 Å². The van der Waals surface area contributed by atoms with Crippen molar-refractivity contribution in [2.45, 2.75) is 0 Å². The number of nitrogen functional groups attached to an aromatic ring is 1. The van der Waals surface area contributed by atoms with E-state index in [9.17, 15) is 4.39 Å². The number of ether oxygens (including phenoxy) is 1. The lowest BCUT2D eigenvalue weighted by atomic mass is 10.1. The molecule has 27 heavy (non-hydrogen) atoms. The normalized spacial score (nSPS) is 10.7. The fraction of sp³-hybridized carbons (Fsp3) is 0.0526. The Morgan fingerprint density at radius 1 is 1.07 bits per heavy atom. The van der Waals surface area contributed by atoms with Gasteiger partial charge in [-0.25, -0.2) is 24.0 Å². The SMILES string of the molecule is COc1cccc(F)c1-c1nccc(-c2cnn(-c3cccc(N)n3)c2)n1. The number of nitrogens with zero attached hydrogens (tertiary/aromatic N) is 5. The second-order valence-corrected chi connectivity index (χ2v) is 5.68. The van der Waals surface area contributed by atoms with Crippen molar-refractivity contribution in [1.29, 1.82) is 0 Å². The van der Waals surface area contributed by atoms with E-state index in [1.54, 1.807) is 59.7 Å². The number of hydrogen-bond donors (Lipinski definition) is 1. The fourth-order valence-electron chi connectivity index (χ4n) is 2.68. The first-order chi connectivity index (χ1) is 13.2. The van der Waals surface area contributed by atoms with Crippen LogP contribution in [-0.4, -0.2) is 31.8 Å². The van der Waals surface area contributed by atoms with E-state index in [1.807, 2.05) is 0 Å². The summed E-state index contributed by atoms with van der Waals surface area (Å²) in [6.45, 7) is 0. The van der Waals surface area contributed by atoms with Crippen molar-refractivity contribution >= 4 is 5.82 Å². The second-order valence-electron chi connectivity index (χ2n) is 5.68. The van der Waals surface area contributed by atoms with Crippen molar-refractivity contribution < 1.29 is 9.13 Å². The van der Waals surface area contributed by atoms with Gasteiger partial charge in [-0.3, -0.25) is 0 Å². The molecule has 8 heteroatoms. The molecule has 0 bridgehead atoms. The van der Waals surface area contributed by atoms with Crippen molar-refractivity contribution in [2.75, 3.05) is 12.8 Å². The number of methoxy groups -OCH3 is 1. The van der Waals surface area contributed by atoms with Gasteiger partial charge in [0, 0.05) is 18.0 Å². The Morgan fingerprint density at radius 3 is 2.74 bits per heavy atom. The molecule has 134 valence electrons. The summed E-state index contributed by atoms with van der Waals surface area (Å²) in [5.74, 6) is 1.14. The molecule has 0 aliphatic heterocycles. The molecule has 3 aromatic heterocycles. The van der Waals surface area contributed by atoms with Gasteiger partial charge >= 0.3 is 0 Å². The molecule has 0 aliphatic rings. The number of hydrogen-bond acceptors (Lipinski definition) is 6. The molecule has 0 unspecified atom stereocenters. The first kappa shape index (κ1) is 16.6. The summed E-state index contributed by atoms with van der Waals surface area (Å²) in [6.07, 6.45) is 4.99. The highest BCUT2D eigenvalue weighted by Crippen LogP contribution is 2.31. The Balaban J connectivity index is 1.74. The minimum atomic E-state index is -0.453. The number of anilines is 1. The van der Waals surface area contributed by atoms with Crippen LogP contribution in [0.2, 0.25) is 0 Å². The van der Waals surface area contributed by atoms with Gasteiger partial charge in [-0.05, 0) is 30.3 Å². The quantitative estimate of drug-likeness (QED) is 0.600. The zero-order valence-electron chi connectivity index (χ0n) is 14.4. The fourth-order valence-corrected chi connectivity index (χ4v) is 2.68. The van der Waals surface area contributed by atoms with Crippen molar-refractivity contribution in [1.82, 2.24) is 24.7 Å². The summed E-state index contributed by atoms with van der Waals surface area (Å²) < 4.78 is 21.2. The van der Waals surface area contributed by atoms with Gasteiger partial charge in [0.15, 0.2) is 11.6 Å². The van der Waals surface area contributed by atoms with Crippen LogP contribution in [0.15, 0.2) is 61.1 Å². The minimum Gasteiger partial charge on any atom is -0.496 e. The van der Waals surface area contributed by atoms with E-state index in [0.717, 1.165) is 5.56 Å². The van der Waals surface area contributed by atoms with Crippen LogP contribution in [0.1, 0.15) is 0 Å². The highest BCUT2D eigenvalue weighted by atomic mass is 19.1. The van der Waals surface area contributed by atoms with Gasteiger partial charge in [0.05, 0.1) is 24.6 Å². The summed E-state index contributed by atoms with van der Waals surface area (Å²) >= 11 is 0. The Kier molecular flexibility index (Phi) is 4.21. The average molecular weight is 362 g/mol. The Labute approximate surface area is 154 Å². The third-order valence-electron chi connectivity index (χ3n) is 3.94. The third kappa shape index (κ3) is 3.20. The number of halogens is 1. The smallest absolute Gasteiger partial charge is 0.166 e. The zero-order valence-corrected chi connectivity index (χ0v) is 14.4. The third-order valence-corrected chi connectivity index (χ3v) is 3.94. The summed E-state index contributed by atoms with van der Waals surface area (Å²) in [5.41, 5.74) is 7.27. The first-order valence-corrected chi connectivity index (χ1v) is 8.09. The maximum atomic E-state index is 14.3. The summed E-state index contributed by atoms with van der Waals surface area (Å²) in [7, 11) is 1.48. The van der Waals surface area contributed by atoms with E-state index in [1.165, 1.54) is 13.2 Å². The first-order valence-electron chi connectivity index (χ1n) is 8.09. The van der Waals surface area contributed by atoms with Crippen LogP contribution in [0.25, 0.3) is 28.5 Å². The van der Waals surface area contributed by atoms with E-state index < -0.39 is 5.82 Å². The molecule has 7 nitrogen and oxygen atoms in total. The van der Waals surface area contributed by atoms with Gasteiger partial charge in [0.25, 0.3) is 0 Å². The Bertz CT molecular complexity index is 1110. The summed E-state index contributed by atoms with van der Waals surface area (Å²) in [5, 5.41) is 4.30. The largest absolute Gasteiger partial charge is 0.496 e. The topological polar surface area (TPSA) is 91.7 Å². The van der Waals surface area contributed by atoms with Gasteiger partial charge in [-0.2, -0.15) is 5.10 Å². The van der Waals surface area contributed by atoms with Crippen molar-refractivity contribution in [2.24, 2.45) is 0 Å². The van der Waals surface area contributed by atoms with Gasteiger partial charge in [0.2, 0.25) is 0 Å². The van der Waals surface area contributed by atoms with Crippen LogP contribution in [-0.2, 0) is 0 Å². The van der Waals surface area contributed by atoms with Crippen LogP contribution >= 0.6 is 0 Å². The Morgan fingerprint density at radius 2 is 1.93 bits per heavy atom. The highest BCUT2D eigenvalue weighted by molar-refractivity contribution is 5.68. The number of benzene rings is 1. The lowest BCUT2D eigenvalue weighted by molar-refractivity contribution is 0.413. The van der Waals surface area contributed by atoms with Gasteiger partial charge < -0.3 is 10.5 Å². The zero-order chi connectivity index (χ0) is 18.8. The summed E-state index contributed by atoms with van der Waals surface area (Å²) in [4.78, 5) is 12.9. The maximum absolute atomic E-state index is 14.3. The van der Waals surface area contributed by atoms with E-state index in [4.69, 9.17) is 10.5 Å². The molecule has 4 rings (SSSR count). The molecule has 0 saturated carbocycles. The molecule has 0 aliphatic carbocycles. The molecule has 2 N–H and O–H groups in total. The second kappa shape index (κ2) is 6.83. The molecule has 4 aromatic rings. The Hall–Kier alpha value is -3.81. The highest BCUT2D eigenvalue weighted by Gasteiger charge is 2.15. The van der Waals surface area contributed by atoms with Crippen LogP contribution in [0.4, 0.5) is 10.2 Å². The number of rotatable bonds is 4. The maximum Gasteiger partial charge on any atom is 0.166 e. The molecular formula is C19H15FN6O. The van der Waals surface area contributed by atoms with Crippen molar-refractivity contribution in [3.05, 3.63) is 66.9 Å². The molecule has 0 spiro atoms. The molecule has 0 atom stereocenters. The van der Waals surface area contributed by atoms with Crippen molar-refractivity contribution in [3.8, 4) is 34.2 Å². The number of nitrogens with two attached hydrogens (primary N) is 1. The van der Waals surface area contributed by atoms with Crippen LogP contribution < -0.4 is 10.5 Å². The number of aromatic nitrogens is 5. The van der Waals surface area contributed by atoms with E-state index in [0.29, 0.717) is 23.1 Å². The van der Waals surface area contributed by atoms with Gasteiger partial charge in [-0.15, -0.1) is 0 Å². The average Bonchev–Trinajstić information content (AvgIpc) is 3.18. The lowest BCUT2D eigenvalue weighted by Crippen LogP contribution is -2.00. The molecule has 0 radical (unpaired) electrons. The molecule has 1 aromatic carbocycles. The molecule has 0 amide bonds. The predicted octanol–water partition coefficient (Wildman–Crippen LogP) is 3.12. The van der Waals surface area contributed by atoms with Crippen molar-refractivity contribution in [3.63, 3.8) is 0 Å². The van der Waals surface area contributed by atoms with Gasteiger partial charge in [0.1, 0.15) is 17.4 Å².